The third-order valence-corrected chi connectivity index (χ3v) is 2.77. The SMILES string of the molecule is C=CCCCC.C=CCCCCCCNC(=O)OC(C)(C)C.CC. The number of amides is 1. The Hall–Kier alpha value is -1.25. The Morgan fingerprint density at radius 3 is 1.88 bits per heavy atom. The maximum absolute atomic E-state index is 11.2. The lowest BCUT2D eigenvalue weighted by Crippen LogP contribution is -2.32. The van der Waals surface area contributed by atoms with Crippen molar-refractivity contribution in [3.8, 4) is 0 Å². The minimum absolute atomic E-state index is 0.321. The maximum Gasteiger partial charge on any atom is 0.407 e. The lowest BCUT2D eigenvalue weighted by atomic mass is 10.1. The molecule has 0 aliphatic heterocycles. The van der Waals surface area contributed by atoms with Crippen molar-refractivity contribution in [2.24, 2.45) is 0 Å². The zero-order valence-corrected chi connectivity index (χ0v) is 17.2. The van der Waals surface area contributed by atoms with Gasteiger partial charge < -0.3 is 10.1 Å². The van der Waals surface area contributed by atoms with E-state index in [1.165, 1.54) is 32.1 Å². The first-order valence-electron chi connectivity index (χ1n) is 9.56. The fourth-order valence-electron chi connectivity index (χ4n) is 1.62. The zero-order valence-electron chi connectivity index (χ0n) is 17.2. The first kappa shape index (κ1) is 27.6. The highest BCUT2D eigenvalue weighted by molar-refractivity contribution is 5.67. The number of allylic oxidation sites excluding steroid dienone is 2. The van der Waals surface area contributed by atoms with Gasteiger partial charge in [0.05, 0.1) is 0 Å². The first-order valence-corrected chi connectivity index (χ1v) is 9.56. The molecule has 1 amide bonds. The van der Waals surface area contributed by atoms with Gasteiger partial charge in [0.25, 0.3) is 0 Å². The topological polar surface area (TPSA) is 38.3 Å². The van der Waals surface area contributed by atoms with Gasteiger partial charge in [0.2, 0.25) is 0 Å². The molecule has 0 spiro atoms. The third kappa shape index (κ3) is 32.6. The highest BCUT2D eigenvalue weighted by Gasteiger charge is 2.15. The predicted octanol–water partition coefficient (Wildman–Crippen LogP) is 7.04. The molecule has 0 heterocycles. The summed E-state index contributed by atoms with van der Waals surface area (Å²) in [5, 5.41) is 2.75. The van der Waals surface area contributed by atoms with Crippen LogP contribution in [0.1, 0.15) is 92.9 Å². The molecule has 0 saturated carbocycles. The smallest absolute Gasteiger partial charge is 0.407 e. The molecule has 0 aliphatic carbocycles. The molecule has 0 radical (unpaired) electrons. The molecule has 0 aromatic heterocycles. The minimum atomic E-state index is -0.409. The average Bonchev–Trinajstić information content (AvgIpc) is 2.53. The normalized spacial score (nSPS) is 9.58. The largest absolute Gasteiger partial charge is 0.444 e. The van der Waals surface area contributed by atoms with E-state index in [9.17, 15) is 4.79 Å². The van der Waals surface area contributed by atoms with Gasteiger partial charge in [-0.05, 0) is 46.5 Å². The van der Waals surface area contributed by atoms with Crippen molar-refractivity contribution in [1.29, 1.82) is 0 Å². The molecule has 0 atom stereocenters. The van der Waals surface area contributed by atoms with Crippen LogP contribution in [0.2, 0.25) is 0 Å². The summed E-state index contributed by atoms with van der Waals surface area (Å²) in [6.07, 6.45) is 13.0. The lowest BCUT2D eigenvalue weighted by molar-refractivity contribution is 0.0527. The van der Waals surface area contributed by atoms with E-state index >= 15 is 0 Å². The molecule has 0 aliphatic rings. The van der Waals surface area contributed by atoms with Crippen molar-refractivity contribution in [2.75, 3.05) is 6.54 Å². The van der Waals surface area contributed by atoms with Crippen LogP contribution in [0, 0.1) is 0 Å². The van der Waals surface area contributed by atoms with Crippen LogP contribution in [0.3, 0.4) is 0 Å². The Morgan fingerprint density at radius 2 is 1.46 bits per heavy atom. The van der Waals surface area contributed by atoms with E-state index in [4.69, 9.17) is 4.74 Å². The van der Waals surface area contributed by atoms with Crippen molar-refractivity contribution < 1.29 is 9.53 Å². The molecule has 1 N–H and O–H groups in total. The van der Waals surface area contributed by atoms with Gasteiger partial charge >= 0.3 is 6.09 Å². The van der Waals surface area contributed by atoms with Crippen molar-refractivity contribution in [3.05, 3.63) is 25.3 Å². The van der Waals surface area contributed by atoms with E-state index in [0.29, 0.717) is 6.54 Å². The van der Waals surface area contributed by atoms with Gasteiger partial charge in [-0.2, -0.15) is 0 Å². The van der Waals surface area contributed by atoms with Crippen LogP contribution < -0.4 is 5.32 Å². The van der Waals surface area contributed by atoms with Crippen LogP contribution in [0.15, 0.2) is 25.3 Å². The third-order valence-electron chi connectivity index (χ3n) is 2.77. The zero-order chi connectivity index (χ0) is 19.3. The summed E-state index contributed by atoms with van der Waals surface area (Å²) in [6.45, 7) is 19.7. The molecule has 0 unspecified atom stereocenters. The van der Waals surface area contributed by atoms with Crippen molar-refractivity contribution in [2.45, 2.75) is 98.5 Å². The van der Waals surface area contributed by atoms with Gasteiger partial charge in [-0.3, -0.25) is 0 Å². The van der Waals surface area contributed by atoms with Gasteiger partial charge in [0.15, 0.2) is 0 Å². The summed E-state index contributed by atoms with van der Waals surface area (Å²) in [4.78, 5) is 11.2. The van der Waals surface area contributed by atoms with Gasteiger partial charge in [0.1, 0.15) is 5.60 Å². The van der Waals surface area contributed by atoms with Gasteiger partial charge in [-0.1, -0.05) is 58.6 Å². The lowest BCUT2D eigenvalue weighted by Gasteiger charge is -2.19. The maximum atomic E-state index is 11.2. The summed E-state index contributed by atoms with van der Waals surface area (Å²) in [5.41, 5.74) is -0.409. The average molecular weight is 342 g/mol. The van der Waals surface area contributed by atoms with Crippen LogP contribution in [-0.2, 0) is 4.74 Å². The second kappa shape index (κ2) is 21.8. The van der Waals surface area contributed by atoms with Crippen LogP contribution in [-0.4, -0.2) is 18.2 Å². The van der Waals surface area contributed by atoms with Gasteiger partial charge in [-0.15, -0.1) is 13.2 Å². The Kier molecular flexibility index (Phi) is 25.0. The number of hydrogen-bond acceptors (Lipinski definition) is 2. The molecular formula is C21H43NO2. The van der Waals surface area contributed by atoms with Crippen LogP contribution in [0.5, 0.6) is 0 Å². The van der Waals surface area contributed by atoms with Crippen molar-refractivity contribution in [1.82, 2.24) is 5.32 Å². The van der Waals surface area contributed by atoms with Gasteiger partial charge in [-0.25, -0.2) is 4.79 Å². The van der Waals surface area contributed by atoms with E-state index < -0.39 is 5.60 Å². The molecule has 0 fully saturated rings. The number of unbranched alkanes of at least 4 members (excludes halogenated alkanes) is 6. The summed E-state index contributed by atoms with van der Waals surface area (Å²) < 4.78 is 5.12. The minimum Gasteiger partial charge on any atom is -0.444 e. The molecule has 0 rings (SSSR count). The number of hydrogen-bond donors (Lipinski definition) is 1. The number of carbonyl (C=O) groups excluding carboxylic acids is 1. The summed E-state index contributed by atoms with van der Waals surface area (Å²) >= 11 is 0. The summed E-state index contributed by atoms with van der Waals surface area (Å²) in [7, 11) is 0. The second-order valence-corrected chi connectivity index (χ2v) is 6.35. The fraction of sp³-hybridized carbons (Fsp3) is 0.762. The Balaban J connectivity index is -0.000000462. The van der Waals surface area contributed by atoms with E-state index in [1.54, 1.807) is 0 Å². The van der Waals surface area contributed by atoms with Crippen molar-refractivity contribution >= 4 is 6.09 Å². The first-order chi connectivity index (χ1) is 11.4. The molecule has 144 valence electrons. The van der Waals surface area contributed by atoms with Gasteiger partial charge in [0, 0.05) is 6.54 Å². The van der Waals surface area contributed by atoms with E-state index in [-0.39, 0.29) is 6.09 Å². The Labute approximate surface area is 151 Å². The summed E-state index contributed by atoms with van der Waals surface area (Å²) in [6, 6.07) is 0. The number of carbonyl (C=O) groups is 1. The van der Waals surface area contributed by atoms with Crippen LogP contribution in [0.25, 0.3) is 0 Å². The quantitative estimate of drug-likeness (QED) is 0.342. The standard InChI is InChI=1S/C13H25NO2.C6H12.C2H6/c1-5-6-7-8-9-10-11-14-12(15)16-13(2,3)4;1-3-5-6-4-2;1-2/h5H,1,6-11H2,2-4H3,(H,14,15);3H,1,4-6H2,2H3;1-2H3. The molecule has 0 aromatic carbocycles. The fourth-order valence-corrected chi connectivity index (χ4v) is 1.62. The second-order valence-electron chi connectivity index (χ2n) is 6.35. The van der Waals surface area contributed by atoms with E-state index in [1.807, 2.05) is 46.8 Å². The number of nitrogens with one attached hydrogen (secondary N) is 1. The predicted molar refractivity (Wildman–Crippen MR) is 109 cm³/mol. The highest BCUT2D eigenvalue weighted by Crippen LogP contribution is 2.06. The number of ether oxygens (including phenoxy) is 1. The highest BCUT2D eigenvalue weighted by atomic mass is 16.6. The number of rotatable bonds is 10. The van der Waals surface area contributed by atoms with E-state index in [0.717, 1.165) is 19.3 Å². The monoisotopic (exact) mass is 341 g/mol. The molecule has 24 heavy (non-hydrogen) atoms. The molecule has 0 bridgehead atoms. The molecule has 0 saturated heterocycles. The Bertz CT molecular complexity index is 280. The van der Waals surface area contributed by atoms with Crippen LogP contribution >= 0.6 is 0 Å². The van der Waals surface area contributed by atoms with E-state index in [2.05, 4.69) is 25.4 Å². The van der Waals surface area contributed by atoms with Crippen LogP contribution in [0.4, 0.5) is 4.79 Å². The molecule has 3 nitrogen and oxygen atoms in total. The van der Waals surface area contributed by atoms with Crippen molar-refractivity contribution in [3.63, 3.8) is 0 Å². The molecular weight excluding hydrogens is 298 g/mol. The molecule has 0 aromatic rings. The Morgan fingerprint density at radius 1 is 0.958 bits per heavy atom. The summed E-state index contributed by atoms with van der Waals surface area (Å²) in [5.74, 6) is 0. The number of alkyl carbamates (subject to hydrolysis) is 1. The molecule has 3 heteroatoms.